The van der Waals surface area contributed by atoms with E-state index >= 15 is 0 Å². The summed E-state index contributed by atoms with van der Waals surface area (Å²) in [6, 6.07) is 0.618. The third-order valence-electron chi connectivity index (χ3n) is 2.82. The fraction of sp³-hybridized carbons (Fsp3) is 1.00. The molecule has 0 amide bonds. The summed E-state index contributed by atoms with van der Waals surface area (Å²) in [5.74, 6) is 0. The van der Waals surface area contributed by atoms with Crippen LogP contribution >= 0.6 is 0 Å². The summed E-state index contributed by atoms with van der Waals surface area (Å²) in [5.41, 5.74) is -0.543. The minimum atomic E-state index is -0.543. The number of hydrogen-bond donors (Lipinski definition) is 3. The van der Waals surface area contributed by atoms with Crippen molar-refractivity contribution in [3.63, 3.8) is 0 Å². The van der Waals surface area contributed by atoms with E-state index in [4.69, 9.17) is 0 Å². The van der Waals surface area contributed by atoms with Crippen LogP contribution in [-0.2, 0) is 0 Å². The van der Waals surface area contributed by atoms with Crippen LogP contribution in [0, 0.1) is 0 Å². The van der Waals surface area contributed by atoms with Gasteiger partial charge in [-0.15, -0.1) is 0 Å². The van der Waals surface area contributed by atoms with Crippen LogP contribution in [0.25, 0.3) is 0 Å². The molecule has 0 spiro atoms. The van der Waals surface area contributed by atoms with Gasteiger partial charge in [-0.1, -0.05) is 6.92 Å². The molecule has 0 saturated carbocycles. The zero-order valence-electron chi connectivity index (χ0n) is 8.77. The zero-order valence-corrected chi connectivity index (χ0v) is 8.77. The summed E-state index contributed by atoms with van der Waals surface area (Å²) in [6.45, 7) is 6.71. The van der Waals surface area contributed by atoms with Gasteiger partial charge in [0.25, 0.3) is 0 Å². The van der Waals surface area contributed by atoms with Gasteiger partial charge in [-0.25, -0.2) is 0 Å². The Balaban J connectivity index is 2.06. The summed E-state index contributed by atoms with van der Waals surface area (Å²) in [5, 5.41) is 16.4. The Labute approximate surface area is 80.9 Å². The Bertz CT molecular complexity index is 142. The van der Waals surface area contributed by atoms with E-state index in [9.17, 15) is 5.11 Å². The normalized spacial score (nSPS) is 27.5. The van der Waals surface area contributed by atoms with E-state index in [1.165, 1.54) is 12.8 Å². The first-order valence-electron chi connectivity index (χ1n) is 5.30. The maximum absolute atomic E-state index is 9.71. The molecule has 0 bridgehead atoms. The first-order chi connectivity index (χ1) is 6.14. The van der Waals surface area contributed by atoms with Crippen molar-refractivity contribution in [3.8, 4) is 0 Å². The Morgan fingerprint density at radius 1 is 1.62 bits per heavy atom. The first-order valence-corrected chi connectivity index (χ1v) is 5.30. The van der Waals surface area contributed by atoms with Crippen molar-refractivity contribution in [2.45, 2.75) is 44.8 Å². The second-order valence-corrected chi connectivity index (χ2v) is 4.27. The quantitative estimate of drug-likeness (QED) is 0.585. The molecule has 3 N–H and O–H groups in total. The standard InChI is InChI=1S/C10H22N2O/c1-3-10(2,13)8-11-7-9-5-4-6-12-9/h9,11-13H,3-8H2,1-2H3. The van der Waals surface area contributed by atoms with Gasteiger partial charge in [-0.05, 0) is 32.7 Å². The number of nitrogens with one attached hydrogen (secondary N) is 2. The van der Waals surface area contributed by atoms with E-state index in [1.54, 1.807) is 0 Å². The molecular weight excluding hydrogens is 164 g/mol. The molecule has 13 heavy (non-hydrogen) atoms. The van der Waals surface area contributed by atoms with Crippen LogP contribution in [0.4, 0.5) is 0 Å². The zero-order chi connectivity index (χ0) is 9.73. The summed E-state index contributed by atoms with van der Waals surface area (Å²) >= 11 is 0. The van der Waals surface area contributed by atoms with Gasteiger partial charge in [0.15, 0.2) is 0 Å². The van der Waals surface area contributed by atoms with Gasteiger partial charge in [0.1, 0.15) is 0 Å². The predicted molar refractivity (Wildman–Crippen MR) is 54.8 cm³/mol. The molecule has 3 nitrogen and oxygen atoms in total. The lowest BCUT2D eigenvalue weighted by Crippen LogP contribution is -2.42. The number of aliphatic hydroxyl groups is 1. The molecule has 3 heteroatoms. The van der Waals surface area contributed by atoms with Gasteiger partial charge < -0.3 is 15.7 Å². The maximum Gasteiger partial charge on any atom is 0.0741 e. The Morgan fingerprint density at radius 2 is 2.38 bits per heavy atom. The van der Waals surface area contributed by atoms with E-state index in [-0.39, 0.29) is 0 Å². The highest BCUT2D eigenvalue weighted by Gasteiger charge is 2.18. The Hall–Kier alpha value is -0.120. The molecule has 0 aromatic heterocycles. The predicted octanol–water partition coefficient (Wildman–Crippen LogP) is 0.489. The minimum Gasteiger partial charge on any atom is -0.389 e. The number of rotatable bonds is 5. The van der Waals surface area contributed by atoms with Crippen LogP contribution in [0.5, 0.6) is 0 Å². The molecule has 1 heterocycles. The molecule has 1 rings (SSSR count). The van der Waals surface area contributed by atoms with Crippen molar-refractivity contribution in [1.82, 2.24) is 10.6 Å². The summed E-state index contributed by atoms with van der Waals surface area (Å²) in [4.78, 5) is 0. The van der Waals surface area contributed by atoms with Crippen molar-refractivity contribution in [2.75, 3.05) is 19.6 Å². The second-order valence-electron chi connectivity index (χ2n) is 4.27. The van der Waals surface area contributed by atoms with Crippen LogP contribution in [0.2, 0.25) is 0 Å². The van der Waals surface area contributed by atoms with Gasteiger partial charge >= 0.3 is 0 Å². The van der Waals surface area contributed by atoms with Crippen molar-refractivity contribution in [2.24, 2.45) is 0 Å². The van der Waals surface area contributed by atoms with E-state index in [2.05, 4.69) is 10.6 Å². The maximum atomic E-state index is 9.71. The van der Waals surface area contributed by atoms with Gasteiger partial charge in [0, 0.05) is 19.1 Å². The molecule has 0 aliphatic carbocycles. The molecular formula is C10H22N2O. The monoisotopic (exact) mass is 186 g/mol. The van der Waals surface area contributed by atoms with Crippen LogP contribution < -0.4 is 10.6 Å². The van der Waals surface area contributed by atoms with E-state index in [0.717, 1.165) is 19.5 Å². The van der Waals surface area contributed by atoms with Crippen LogP contribution in [0.1, 0.15) is 33.1 Å². The van der Waals surface area contributed by atoms with Crippen molar-refractivity contribution in [3.05, 3.63) is 0 Å². The van der Waals surface area contributed by atoms with Gasteiger partial charge in [-0.3, -0.25) is 0 Å². The van der Waals surface area contributed by atoms with Crippen LogP contribution in [0.15, 0.2) is 0 Å². The van der Waals surface area contributed by atoms with Crippen LogP contribution in [0.3, 0.4) is 0 Å². The average molecular weight is 186 g/mol. The van der Waals surface area contributed by atoms with E-state index < -0.39 is 5.60 Å². The molecule has 2 atom stereocenters. The lowest BCUT2D eigenvalue weighted by atomic mass is 10.0. The molecule has 1 aliphatic heterocycles. The van der Waals surface area contributed by atoms with Crippen molar-refractivity contribution < 1.29 is 5.11 Å². The van der Waals surface area contributed by atoms with Gasteiger partial charge in [0.2, 0.25) is 0 Å². The largest absolute Gasteiger partial charge is 0.389 e. The highest BCUT2D eigenvalue weighted by atomic mass is 16.3. The molecule has 0 aromatic rings. The molecule has 2 unspecified atom stereocenters. The molecule has 1 fully saturated rings. The third kappa shape index (κ3) is 4.07. The fourth-order valence-electron chi connectivity index (χ4n) is 1.57. The highest BCUT2D eigenvalue weighted by molar-refractivity contribution is 4.79. The number of hydrogen-bond acceptors (Lipinski definition) is 3. The van der Waals surface area contributed by atoms with Gasteiger partial charge in [0.05, 0.1) is 5.60 Å². The van der Waals surface area contributed by atoms with E-state index in [1.807, 2.05) is 13.8 Å². The SMILES string of the molecule is CCC(C)(O)CNCC1CCCN1. The topological polar surface area (TPSA) is 44.3 Å². The van der Waals surface area contributed by atoms with Crippen molar-refractivity contribution in [1.29, 1.82) is 0 Å². The van der Waals surface area contributed by atoms with Crippen LogP contribution in [-0.4, -0.2) is 36.4 Å². The molecule has 1 saturated heterocycles. The van der Waals surface area contributed by atoms with Crippen molar-refractivity contribution >= 4 is 0 Å². The summed E-state index contributed by atoms with van der Waals surface area (Å²) < 4.78 is 0. The average Bonchev–Trinajstić information content (AvgIpc) is 2.57. The Morgan fingerprint density at radius 3 is 2.92 bits per heavy atom. The summed E-state index contributed by atoms with van der Waals surface area (Å²) in [7, 11) is 0. The first kappa shape index (κ1) is 11.0. The lowest BCUT2D eigenvalue weighted by molar-refractivity contribution is 0.0555. The smallest absolute Gasteiger partial charge is 0.0741 e. The molecule has 0 radical (unpaired) electrons. The molecule has 0 aromatic carbocycles. The Kier molecular flexibility index (Phi) is 4.16. The minimum absolute atomic E-state index is 0.543. The third-order valence-corrected chi connectivity index (χ3v) is 2.82. The second kappa shape index (κ2) is 4.94. The van der Waals surface area contributed by atoms with Gasteiger partial charge in [-0.2, -0.15) is 0 Å². The van der Waals surface area contributed by atoms with E-state index in [0.29, 0.717) is 12.6 Å². The molecule has 78 valence electrons. The fourth-order valence-corrected chi connectivity index (χ4v) is 1.57. The summed E-state index contributed by atoms with van der Waals surface area (Å²) in [6.07, 6.45) is 3.36. The molecule has 1 aliphatic rings. The lowest BCUT2D eigenvalue weighted by Gasteiger charge is -2.22. The highest BCUT2D eigenvalue weighted by Crippen LogP contribution is 2.07.